The lowest BCUT2D eigenvalue weighted by Gasteiger charge is -2.19. The quantitative estimate of drug-likeness (QED) is 0.662. The van der Waals surface area contributed by atoms with Gasteiger partial charge in [0.2, 0.25) is 0 Å². The second-order valence-corrected chi connectivity index (χ2v) is 8.09. The highest BCUT2D eigenvalue weighted by Crippen LogP contribution is 2.38. The molecular weight excluding hydrogens is 380 g/mol. The Balaban J connectivity index is 1.52. The first kappa shape index (κ1) is 20.3. The summed E-state index contributed by atoms with van der Waals surface area (Å²) in [5.41, 5.74) is 2.01. The van der Waals surface area contributed by atoms with E-state index in [0.717, 1.165) is 12.0 Å². The average molecular weight is 405 g/mol. The van der Waals surface area contributed by atoms with Crippen LogP contribution in [0.1, 0.15) is 38.3 Å². The van der Waals surface area contributed by atoms with Crippen LogP contribution in [0.25, 0.3) is 0 Å². The third-order valence-electron chi connectivity index (χ3n) is 4.34. The molecule has 0 saturated carbocycles. The molecule has 3 rings (SSSR count). The maximum absolute atomic E-state index is 12.0. The molecule has 0 unspecified atom stereocenters. The Labute approximate surface area is 170 Å². The van der Waals surface area contributed by atoms with Gasteiger partial charge in [-0.1, -0.05) is 44.5 Å². The van der Waals surface area contributed by atoms with E-state index in [-0.39, 0.29) is 18.6 Å². The molecule has 0 radical (unpaired) electrons. The first-order chi connectivity index (χ1) is 13.3. The number of esters is 1. The van der Waals surface area contributed by atoms with Crippen molar-refractivity contribution in [1.82, 2.24) is 0 Å². The van der Waals surface area contributed by atoms with Gasteiger partial charge in [-0.15, -0.1) is 0 Å². The molecule has 0 bridgehead atoms. The van der Waals surface area contributed by atoms with Crippen LogP contribution >= 0.6 is 11.6 Å². The number of carbonyl (C=O) groups excluding carboxylic acids is 1. The van der Waals surface area contributed by atoms with Gasteiger partial charge in [0.1, 0.15) is 12.4 Å². The maximum Gasteiger partial charge on any atom is 0.344 e. The average Bonchev–Trinajstić information content (AvgIpc) is 2.90. The van der Waals surface area contributed by atoms with Gasteiger partial charge in [-0.05, 0) is 40.8 Å². The lowest BCUT2D eigenvalue weighted by Crippen LogP contribution is -2.15. The number of ether oxygens (including phenoxy) is 4. The van der Waals surface area contributed by atoms with Crippen molar-refractivity contribution >= 4 is 17.6 Å². The van der Waals surface area contributed by atoms with Gasteiger partial charge in [0.05, 0.1) is 18.2 Å². The van der Waals surface area contributed by atoms with E-state index in [1.165, 1.54) is 5.56 Å². The fourth-order valence-electron chi connectivity index (χ4n) is 2.77. The number of hydrogen-bond donors (Lipinski definition) is 0. The highest BCUT2D eigenvalue weighted by atomic mass is 35.5. The largest absolute Gasteiger partial charge is 0.489 e. The zero-order valence-corrected chi connectivity index (χ0v) is 17.2. The molecule has 1 aliphatic heterocycles. The second kappa shape index (κ2) is 8.74. The van der Waals surface area contributed by atoms with Gasteiger partial charge in [0.15, 0.2) is 18.1 Å². The first-order valence-electron chi connectivity index (χ1n) is 9.30. The van der Waals surface area contributed by atoms with Crippen molar-refractivity contribution in [3.63, 3.8) is 0 Å². The minimum atomic E-state index is -0.455. The van der Waals surface area contributed by atoms with E-state index < -0.39 is 5.97 Å². The van der Waals surface area contributed by atoms with E-state index in [0.29, 0.717) is 35.5 Å². The molecule has 5 nitrogen and oxygen atoms in total. The van der Waals surface area contributed by atoms with Gasteiger partial charge < -0.3 is 18.9 Å². The Morgan fingerprint density at radius 3 is 2.54 bits per heavy atom. The minimum Gasteiger partial charge on any atom is -0.489 e. The Bertz CT molecular complexity index is 824. The molecule has 0 aromatic heterocycles. The van der Waals surface area contributed by atoms with Crippen LogP contribution in [0.15, 0.2) is 36.4 Å². The van der Waals surface area contributed by atoms with Crippen molar-refractivity contribution in [2.24, 2.45) is 0 Å². The second-order valence-electron chi connectivity index (χ2n) is 7.68. The van der Waals surface area contributed by atoms with E-state index in [1.807, 2.05) is 24.3 Å². The summed E-state index contributed by atoms with van der Waals surface area (Å²) in [5.74, 6) is 1.29. The van der Waals surface area contributed by atoms with E-state index in [1.54, 1.807) is 12.1 Å². The third-order valence-corrected chi connectivity index (χ3v) is 4.62. The number of halogens is 1. The lowest BCUT2D eigenvalue weighted by molar-refractivity contribution is -0.147. The number of benzene rings is 2. The van der Waals surface area contributed by atoms with Crippen molar-refractivity contribution < 1.29 is 23.7 Å². The summed E-state index contributed by atoms with van der Waals surface area (Å²) < 4.78 is 22.0. The molecule has 0 amide bonds. The van der Waals surface area contributed by atoms with Crippen molar-refractivity contribution in [2.45, 2.75) is 39.2 Å². The number of hydrogen-bond acceptors (Lipinski definition) is 5. The standard InChI is InChI=1S/C22H25ClO5/c1-22(2,3)16-5-7-17(8-6-16)27-14-20(24)28-13-15-11-18(23)21-19(12-15)25-9-4-10-26-21/h5-8,11-12H,4,9-10,13-14H2,1-3H3. The number of fused-ring (bicyclic) bond motifs is 1. The highest BCUT2D eigenvalue weighted by Gasteiger charge is 2.17. The predicted molar refractivity (Wildman–Crippen MR) is 107 cm³/mol. The fourth-order valence-corrected chi connectivity index (χ4v) is 3.05. The molecule has 6 heteroatoms. The zero-order valence-electron chi connectivity index (χ0n) is 16.4. The van der Waals surface area contributed by atoms with Crippen molar-refractivity contribution in [1.29, 1.82) is 0 Å². The third kappa shape index (κ3) is 5.32. The topological polar surface area (TPSA) is 54.0 Å². The molecule has 150 valence electrons. The molecule has 0 fully saturated rings. The Hall–Kier alpha value is -2.40. The van der Waals surface area contributed by atoms with Gasteiger partial charge in [-0.2, -0.15) is 0 Å². The molecule has 0 spiro atoms. The molecule has 0 saturated heterocycles. The Kier molecular flexibility index (Phi) is 6.35. The maximum atomic E-state index is 12.0. The van der Waals surface area contributed by atoms with Crippen molar-refractivity contribution in [3.8, 4) is 17.2 Å². The lowest BCUT2D eigenvalue weighted by atomic mass is 9.87. The van der Waals surface area contributed by atoms with E-state index >= 15 is 0 Å². The molecule has 0 aliphatic carbocycles. The van der Waals surface area contributed by atoms with Gasteiger partial charge in [-0.25, -0.2) is 4.79 Å². The summed E-state index contributed by atoms with van der Waals surface area (Å²) in [6.45, 7) is 7.49. The SMILES string of the molecule is CC(C)(C)c1ccc(OCC(=O)OCc2cc(Cl)c3c(c2)OCCCO3)cc1. The smallest absolute Gasteiger partial charge is 0.344 e. The van der Waals surface area contributed by atoms with Gasteiger partial charge in [0, 0.05) is 6.42 Å². The van der Waals surface area contributed by atoms with Crippen LogP contribution in [0.2, 0.25) is 5.02 Å². The molecule has 1 aliphatic rings. The molecule has 0 atom stereocenters. The molecule has 2 aromatic rings. The summed E-state index contributed by atoms with van der Waals surface area (Å²) in [6, 6.07) is 11.2. The molecule has 28 heavy (non-hydrogen) atoms. The number of rotatable bonds is 5. The Morgan fingerprint density at radius 2 is 1.82 bits per heavy atom. The van der Waals surface area contributed by atoms with Crippen LogP contribution in [-0.2, 0) is 21.6 Å². The Morgan fingerprint density at radius 1 is 1.11 bits per heavy atom. The van der Waals surface area contributed by atoms with Crippen LogP contribution in [0, 0.1) is 0 Å². The fraction of sp³-hybridized carbons (Fsp3) is 0.409. The van der Waals surface area contributed by atoms with Crippen molar-refractivity contribution in [2.75, 3.05) is 19.8 Å². The van der Waals surface area contributed by atoms with Crippen LogP contribution in [0.3, 0.4) is 0 Å². The van der Waals surface area contributed by atoms with Gasteiger partial charge in [0.25, 0.3) is 0 Å². The summed E-state index contributed by atoms with van der Waals surface area (Å²) in [7, 11) is 0. The zero-order chi connectivity index (χ0) is 20.1. The van der Waals surface area contributed by atoms with Crippen LogP contribution in [-0.4, -0.2) is 25.8 Å². The molecule has 2 aromatic carbocycles. The van der Waals surface area contributed by atoms with Crippen molar-refractivity contribution in [3.05, 3.63) is 52.5 Å². The summed E-state index contributed by atoms with van der Waals surface area (Å²) >= 11 is 6.25. The normalized spacial score (nSPS) is 13.6. The van der Waals surface area contributed by atoms with E-state index in [2.05, 4.69) is 20.8 Å². The first-order valence-corrected chi connectivity index (χ1v) is 9.68. The van der Waals surface area contributed by atoms with E-state index in [4.69, 9.17) is 30.5 Å². The van der Waals surface area contributed by atoms with Crippen LogP contribution < -0.4 is 14.2 Å². The summed E-state index contributed by atoms with van der Waals surface area (Å²) in [5, 5.41) is 0.445. The highest BCUT2D eigenvalue weighted by molar-refractivity contribution is 6.32. The molecular formula is C22H25ClO5. The number of carbonyl (C=O) groups is 1. The van der Waals surface area contributed by atoms with Gasteiger partial charge >= 0.3 is 5.97 Å². The minimum absolute atomic E-state index is 0.0708. The van der Waals surface area contributed by atoms with Crippen LogP contribution in [0.5, 0.6) is 17.2 Å². The predicted octanol–water partition coefficient (Wildman–Crippen LogP) is 4.92. The molecule has 0 N–H and O–H groups in total. The van der Waals surface area contributed by atoms with Gasteiger partial charge in [-0.3, -0.25) is 0 Å². The summed E-state index contributed by atoms with van der Waals surface area (Å²) in [4.78, 5) is 12.0. The van der Waals surface area contributed by atoms with Crippen LogP contribution in [0.4, 0.5) is 0 Å². The molecule has 1 heterocycles. The summed E-state index contributed by atoms with van der Waals surface area (Å²) in [6.07, 6.45) is 0.795. The van der Waals surface area contributed by atoms with E-state index in [9.17, 15) is 4.79 Å². The monoisotopic (exact) mass is 404 g/mol.